The van der Waals surface area contributed by atoms with Crippen molar-refractivity contribution in [2.24, 2.45) is 0 Å². The van der Waals surface area contributed by atoms with Gasteiger partial charge in [0.05, 0.1) is 7.11 Å². The Morgan fingerprint density at radius 1 is 1.21 bits per heavy atom. The zero-order valence-corrected chi connectivity index (χ0v) is 11.4. The van der Waals surface area contributed by atoms with Crippen molar-refractivity contribution in [1.29, 1.82) is 0 Å². The predicted molar refractivity (Wildman–Crippen MR) is 76.8 cm³/mol. The molecule has 0 spiro atoms. The Labute approximate surface area is 112 Å². The van der Waals surface area contributed by atoms with E-state index in [1.165, 1.54) is 0 Å². The summed E-state index contributed by atoms with van der Waals surface area (Å²) in [5.74, 6) is 2.82. The monoisotopic (exact) mass is 258 g/mol. The molecule has 0 aliphatic carbocycles. The van der Waals surface area contributed by atoms with Gasteiger partial charge in [-0.3, -0.25) is 0 Å². The molecule has 2 rings (SSSR count). The third kappa shape index (κ3) is 2.93. The summed E-state index contributed by atoms with van der Waals surface area (Å²) < 4.78 is 5.13. The zero-order valence-electron chi connectivity index (χ0n) is 11.4. The number of aromatic nitrogens is 2. The summed E-state index contributed by atoms with van der Waals surface area (Å²) in [5, 5.41) is 3.25. The number of methoxy groups -OCH3 is 1. The minimum atomic E-state index is 0.517. The van der Waals surface area contributed by atoms with Crippen molar-refractivity contribution in [2.45, 2.75) is 20.3 Å². The van der Waals surface area contributed by atoms with Crippen molar-refractivity contribution in [3.05, 3.63) is 35.7 Å². The Bertz CT molecular complexity index is 566. The van der Waals surface area contributed by atoms with E-state index in [-0.39, 0.29) is 0 Å². The van der Waals surface area contributed by atoms with Gasteiger partial charge in [-0.1, -0.05) is 6.92 Å². The second-order valence-corrected chi connectivity index (χ2v) is 4.21. The lowest BCUT2D eigenvalue weighted by atomic mass is 10.2. The van der Waals surface area contributed by atoms with E-state index in [2.05, 4.69) is 15.3 Å². The summed E-state index contributed by atoms with van der Waals surface area (Å²) in [6.07, 6.45) is 0.752. The van der Waals surface area contributed by atoms with E-state index in [1.807, 2.05) is 38.1 Å². The number of rotatable bonds is 4. The Balaban J connectivity index is 2.28. The average Bonchev–Trinajstić information content (AvgIpc) is 2.44. The fourth-order valence-electron chi connectivity index (χ4n) is 1.67. The molecule has 1 aromatic carbocycles. The largest absolute Gasteiger partial charge is 0.497 e. The number of hydrogen-bond acceptors (Lipinski definition) is 5. The van der Waals surface area contributed by atoms with Gasteiger partial charge in [-0.05, 0) is 31.2 Å². The SMILES string of the molecule is CCc1nc(N)c(C)c(Nc2ccc(OC)cc2)n1. The topological polar surface area (TPSA) is 73.1 Å². The van der Waals surface area contributed by atoms with Gasteiger partial charge in [0, 0.05) is 17.7 Å². The first-order valence-corrected chi connectivity index (χ1v) is 6.18. The number of nitrogens with one attached hydrogen (secondary N) is 1. The van der Waals surface area contributed by atoms with Crippen molar-refractivity contribution < 1.29 is 4.74 Å². The predicted octanol–water partition coefficient (Wildman–Crippen LogP) is 2.68. The molecule has 1 heterocycles. The minimum absolute atomic E-state index is 0.517. The lowest BCUT2D eigenvalue weighted by Crippen LogP contribution is -2.06. The standard InChI is InChI=1S/C14H18N4O/c1-4-12-17-13(15)9(2)14(18-12)16-10-5-7-11(19-3)8-6-10/h5-8H,4H2,1-3H3,(H3,15,16,17,18). The molecule has 19 heavy (non-hydrogen) atoms. The molecule has 0 saturated heterocycles. The van der Waals surface area contributed by atoms with Gasteiger partial charge in [0.1, 0.15) is 23.2 Å². The van der Waals surface area contributed by atoms with Crippen LogP contribution in [0.15, 0.2) is 24.3 Å². The molecule has 0 unspecified atom stereocenters. The number of anilines is 3. The molecular formula is C14H18N4O. The Morgan fingerprint density at radius 3 is 2.47 bits per heavy atom. The van der Waals surface area contributed by atoms with E-state index in [4.69, 9.17) is 10.5 Å². The summed E-state index contributed by atoms with van der Waals surface area (Å²) in [5.41, 5.74) is 7.67. The Kier molecular flexibility index (Phi) is 3.85. The van der Waals surface area contributed by atoms with Gasteiger partial charge in [-0.15, -0.1) is 0 Å². The number of ether oxygens (including phenoxy) is 1. The molecule has 3 N–H and O–H groups in total. The molecule has 0 bridgehead atoms. The lowest BCUT2D eigenvalue weighted by Gasteiger charge is -2.11. The summed E-state index contributed by atoms with van der Waals surface area (Å²) in [7, 11) is 1.64. The highest BCUT2D eigenvalue weighted by Crippen LogP contribution is 2.23. The number of nitrogens with two attached hydrogens (primary N) is 1. The van der Waals surface area contributed by atoms with Gasteiger partial charge in [0.2, 0.25) is 0 Å². The third-order valence-corrected chi connectivity index (χ3v) is 2.90. The van der Waals surface area contributed by atoms with Crippen LogP contribution >= 0.6 is 0 Å². The van der Waals surface area contributed by atoms with Crippen LogP contribution in [0.25, 0.3) is 0 Å². The normalized spacial score (nSPS) is 10.3. The maximum atomic E-state index is 5.89. The molecule has 2 aromatic rings. The van der Waals surface area contributed by atoms with E-state index in [1.54, 1.807) is 7.11 Å². The number of nitrogen functional groups attached to an aromatic ring is 1. The molecule has 5 heteroatoms. The van der Waals surface area contributed by atoms with Gasteiger partial charge in [-0.25, -0.2) is 9.97 Å². The van der Waals surface area contributed by atoms with Crippen LogP contribution < -0.4 is 15.8 Å². The highest BCUT2D eigenvalue weighted by molar-refractivity contribution is 5.64. The van der Waals surface area contributed by atoms with Gasteiger partial charge in [0.15, 0.2) is 0 Å². The van der Waals surface area contributed by atoms with Crippen LogP contribution in [0.3, 0.4) is 0 Å². The lowest BCUT2D eigenvalue weighted by molar-refractivity contribution is 0.415. The molecular weight excluding hydrogens is 240 g/mol. The van der Waals surface area contributed by atoms with E-state index in [9.17, 15) is 0 Å². The quantitative estimate of drug-likeness (QED) is 0.882. The molecule has 0 amide bonds. The number of nitrogens with zero attached hydrogens (tertiary/aromatic N) is 2. The first-order chi connectivity index (χ1) is 9.13. The molecule has 100 valence electrons. The smallest absolute Gasteiger partial charge is 0.139 e. The molecule has 0 saturated carbocycles. The summed E-state index contributed by atoms with van der Waals surface area (Å²) in [6, 6.07) is 7.65. The molecule has 0 radical (unpaired) electrons. The minimum Gasteiger partial charge on any atom is -0.497 e. The van der Waals surface area contributed by atoms with Crippen molar-refractivity contribution >= 4 is 17.3 Å². The maximum absolute atomic E-state index is 5.89. The van der Waals surface area contributed by atoms with Crippen LogP contribution in [0, 0.1) is 6.92 Å². The van der Waals surface area contributed by atoms with Crippen LogP contribution in [-0.2, 0) is 6.42 Å². The second kappa shape index (κ2) is 5.56. The van der Waals surface area contributed by atoms with Crippen molar-refractivity contribution in [3.63, 3.8) is 0 Å². The van der Waals surface area contributed by atoms with E-state index >= 15 is 0 Å². The molecule has 5 nitrogen and oxygen atoms in total. The van der Waals surface area contributed by atoms with Gasteiger partial charge in [-0.2, -0.15) is 0 Å². The van der Waals surface area contributed by atoms with Gasteiger partial charge in [0.25, 0.3) is 0 Å². The Hall–Kier alpha value is -2.30. The van der Waals surface area contributed by atoms with Crippen LogP contribution in [0.5, 0.6) is 5.75 Å². The summed E-state index contributed by atoms with van der Waals surface area (Å²) in [6.45, 7) is 3.90. The average molecular weight is 258 g/mol. The number of benzene rings is 1. The van der Waals surface area contributed by atoms with Crippen LogP contribution in [0.2, 0.25) is 0 Å². The fourth-order valence-corrected chi connectivity index (χ4v) is 1.67. The van der Waals surface area contributed by atoms with Gasteiger partial charge >= 0.3 is 0 Å². The fraction of sp³-hybridized carbons (Fsp3) is 0.286. The first-order valence-electron chi connectivity index (χ1n) is 6.18. The molecule has 0 atom stereocenters. The van der Waals surface area contributed by atoms with Crippen LogP contribution in [-0.4, -0.2) is 17.1 Å². The summed E-state index contributed by atoms with van der Waals surface area (Å²) >= 11 is 0. The Morgan fingerprint density at radius 2 is 1.89 bits per heavy atom. The number of aryl methyl sites for hydroxylation is 1. The highest BCUT2D eigenvalue weighted by atomic mass is 16.5. The van der Waals surface area contributed by atoms with Crippen LogP contribution in [0.1, 0.15) is 18.3 Å². The first kappa shape index (κ1) is 13.1. The number of hydrogen-bond donors (Lipinski definition) is 2. The van der Waals surface area contributed by atoms with Crippen molar-refractivity contribution in [3.8, 4) is 5.75 Å². The molecule has 0 aliphatic rings. The van der Waals surface area contributed by atoms with Gasteiger partial charge < -0.3 is 15.8 Å². The van der Waals surface area contributed by atoms with Crippen molar-refractivity contribution in [2.75, 3.05) is 18.2 Å². The van der Waals surface area contributed by atoms with Crippen LogP contribution in [0.4, 0.5) is 17.3 Å². The highest BCUT2D eigenvalue weighted by Gasteiger charge is 2.08. The molecule has 0 fully saturated rings. The van der Waals surface area contributed by atoms with E-state index in [0.717, 1.165) is 35.1 Å². The summed E-state index contributed by atoms with van der Waals surface area (Å²) in [4.78, 5) is 8.68. The second-order valence-electron chi connectivity index (χ2n) is 4.21. The van der Waals surface area contributed by atoms with E-state index in [0.29, 0.717) is 5.82 Å². The third-order valence-electron chi connectivity index (χ3n) is 2.90. The molecule has 0 aliphatic heterocycles. The van der Waals surface area contributed by atoms with Crippen molar-refractivity contribution in [1.82, 2.24) is 9.97 Å². The molecule has 1 aromatic heterocycles. The maximum Gasteiger partial charge on any atom is 0.139 e. The zero-order chi connectivity index (χ0) is 13.8. The van der Waals surface area contributed by atoms with E-state index < -0.39 is 0 Å².